The fourth-order valence-electron chi connectivity index (χ4n) is 1.44. The van der Waals surface area contributed by atoms with Gasteiger partial charge in [-0.15, -0.1) is 0 Å². The molecule has 1 aromatic carbocycles. The molecule has 88 valence electrons. The van der Waals surface area contributed by atoms with Crippen LogP contribution in [0.2, 0.25) is 0 Å². The number of nitrogens with one attached hydrogen (secondary N) is 1. The van der Waals surface area contributed by atoms with Crippen LogP contribution in [0.3, 0.4) is 0 Å². The molecule has 0 heterocycles. The third-order valence-corrected chi connectivity index (χ3v) is 2.38. The van der Waals surface area contributed by atoms with Gasteiger partial charge in [-0.2, -0.15) is 0 Å². The fourth-order valence-corrected chi connectivity index (χ4v) is 1.44. The van der Waals surface area contributed by atoms with Gasteiger partial charge in [0, 0.05) is 19.8 Å². The Balaban J connectivity index is 2.12. The maximum atomic E-state index is 8.90. The SMILES string of the molecule is CCOCCCNCc1ccc(BO)cc1. The quantitative estimate of drug-likeness (QED) is 0.485. The maximum Gasteiger partial charge on any atom is 0.304 e. The van der Waals surface area contributed by atoms with Crippen LogP contribution < -0.4 is 10.8 Å². The molecule has 0 amide bonds. The Hall–Kier alpha value is -0.835. The van der Waals surface area contributed by atoms with Crippen LogP contribution in [0.15, 0.2) is 24.3 Å². The van der Waals surface area contributed by atoms with Crippen molar-refractivity contribution in [2.75, 3.05) is 19.8 Å². The number of rotatable bonds is 8. The van der Waals surface area contributed by atoms with Gasteiger partial charge in [0.05, 0.1) is 0 Å². The van der Waals surface area contributed by atoms with E-state index < -0.39 is 0 Å². The average Bonchev–Trinajstić information content (AvgIpc) is 2.34. The zero-order chi connectivity index (χ0) is 11.6. The minimum Gasteiger partial charge on any atom is -0.449 e. The third-order valence-electron chi connectivity index (χ3n) is 2.38. The molecule has 2 N–H and O–H groups in total. The van der Waals surface area contributed by atoms with E-state index >= 15 is 0 Å². The Morgan fingerprint density at radius 3 is 2.69 bits per heavy atom. The van der Waals surface area contributed by atoms with Gasteiger partial charge >= 0.3 is 7.48 Å². The Morgan fingerprint density at radius 1 is 1.31 bits per heavy atom. The van der Waals surface area contributed by atoms with Crippen LogP contribution in [-0.2, 0) is 11.3 Å². The second-order valence-electron chi connectivity index (χ2n) is 3.70. The molecular weight excluding hydrogens is 201 g/mol. The normalized spacial score (nSPS) is 10.4. The molecule has 0 aromatic heterocycles. The summed E-state index contributed by atoms with van der Waals surface area (Å²) in [5.41, 5.74) is 2.20. The molecule has 0 atom stereocenters. The molecule has 0 aliphatic rings. The van der Waals surface area contributed by atoms with Gasteiger partial charge in [0.2, 0.25) is 0 Å². The van der Waals surface area contributed by atoms with Gasteiger partial charge in [0.1, 0.15) is 0 Å². The summed E-state index contributed by atoms with van der Waals surface area (Å²) in [6.45, 7) is 5.48. The summed E-state index contributed by atoms with van der Waals surface area (Å²) >= 11 is 0. The summed E-state index contributed by atoms with van der Waals surface area (Å²) in [4.78, 5) is 0. The second-order valence-corrected chi connectivity index (χ2v) is 3.70. The van der Waals surface area contributed by atoms with Gasteiger partial charge in [-0.3, -0.25) is 0 Å². The highest BCUT2D eigenvalue weighted by Gasteiger charge is 1.94. The Morgan fingerprint density at radius 2 is 2.06 bits per heavy atom. The standard InChI is InChI=1S/C12H20BNO2/c1-2-16-9-3-8-14-10-11-4-6-12(13-15)7-5-11/h4-7,13-15H,2-3,8-10H2,1H3. The van der Waals surface area contributed by atoms with Crippen LogP contribution >= 0.6 is 0 Å². The molecule has 0 bridgehead atoms. The molecule has 1 aromatic rings. The van der Waals surface area contributed by atoms with Gasteiger partial charge in [-0.1, -0.05) is 29.7 Å². The van der Waals surface area contributed by atoms with Crippen molar-refractivity contribution in [1.82, 2.24) is 5.32 Å². The maximum absolute atomic E-state index is 8.90. The van der Waals surface area contributed by atoms with Crippen LogP contribution in [-0.4, -0.2) is 32.3 Å². The zero-order valence-corrected chi connectivity index (χ0v) is 9.91. The lowest BCUT2D eigenvalue weighted by molar-refractivity contribution is 0.144. The van der Waals surface area contributed by atoms with Crippen molar-refractivity contribution in [3.63, 3.8) is 0 Å². The molecule has 0 unspecified atom stereocenters. The van der Waals surface area contributed by atoms with Crippen LogP contribution in [0, 0.1) is 0 Å². The first kappa shape index (κ1) is 13.2. The average molecular weight is 221 g/mol. The number of hydrogen-bond donors (Lipinski definition) is 2. The topological polar surface area (TPSA) is 41.5 Å². The number of ether oxygens (including phenoxy) is 1. The lowest BCUT2D eigenvalue weighted by atomic mass is 9.88. The first-order chi connectivity index (χ1) is 7.86. The van der Waals surface area contributed by atoms with Gasteiger partial charge in [-0.25, -0.2) is 0 Å². The lowest BCUT2D eigenvalue weighted by Crippen LogP contribution is -2.18. The molecule has 0 saturated carbocycles. The van der Waals surface area contributed by atoms with E-state index in [-0.39, 0.29) is 7.48 Å². The molecule has 0 fully saturated rings. The Kier molecular flexibility index (Phi) is 6.89. The van der Waals surface area contributed by atoms with E-state index in [1.54, 1.807) is 0 Å². The van der Waals surface area contributed by atoms with Crippen molar-refractivity contribution in [2.45, 2.75) is 19.9 Å². The smallest absolute Gasteiger partial charge is 0.304 e. The first-order valence-corrected chi connectivity index (χ1v) is 5.84. The molecule has 16 heavy (non-hydrogen) atoms. The van der Waals surface area contributed by atoms with Crippen molar-refractivity contribution in [3.05, 3.63) is 29.8 Å². The van der Waals surface area contributed by atoms with Crippen molar-refractivity contribution in [1.29, 1.82) is 0 Å². The van der Waals surface area contributed by atoms with Crippen LogP contribution in [0.4, 0.5) is 0 Å². The van der Waals surface area contributed by atoms with E-state index in [9.17, 15) is 0 Å². The highest BCUT2D eigenvalue weighted by atomic mass is 16.5. The van der Waals surface area contributed by atoms with Crippen LogP contribution in [0.5, 0.6) is 0 Å². The van der Waals surface area contributed by atoms with Crippen molar-refractivity contribution in [2.24, 2.45) is 0 Å². The Labute approximate surface area is 98.1 Å². The van der Waals surface area contributed by atoms with Crippen LogP contribution in [0.1, 0.15) is 18.9 Å². The predicted molar refractivity (Wildman–Crippen MR) is 68.3 cm³/mol. The third kappa shape index (κ3) is 5.30. The molecule has 4 heteroatoms. The van der Waals surface area contributed by atoms with Gasteiger partial charge in [0.25, 0.3) is 0 Å². The molecule has 1 rings (SSSR count). The minimum atomic E-state index is 0.113. The van der Waals surface area contributed by atoms with E-state index in [1.807, 2.05) is 31.2 Å². The molecular formula is C12H20BNO2. The number of hydrogen-bond acceptors (Lipinski definition) is 3. The molecule has 3 nitrogen and oxygen atoms in total. The fraction of sp³-hybridized carbons (Fsp3) is 0.500. The summed E-state index contributed by atoms with van der Waals surface area (Å²) in [6, 6.07) is 8.00. The van der Waals surface area contributed by atoms with E-state index in [2.05, 4.69) is 5.32 Å². The van der Waals surface area contributed by atoms with E-state index in [0.717, 1.165) is 38.2 Å². The zero-order valence-electron chi connectivity index (χ0n) is 9.91. The lowest BCUT2D eigenvalue weighted by Gasteiger charge is -2.05. The minimum absolute atomic E-state index is 0.113. The molecule has 0 aliphatic carbocycles. The monoisotopic (exact) mass is 221 g/mol. The summed E-state index contributed by atoms with van der Waals surface area (Å²) in [5, 5.41) is 12.3. The summed E-state index contributed by atoms with van der Waals surface area (Å²) in [5.74, 6) is 0. The molecule has 0 saturated heterocycles. The predicted octanol–water partition coefficient (Wildman–Crippen LogP) is 0.172. The highest BCUT2D eigenvalue weighted by molar-refractivity contribution is 6.45. The molecule has 0 aliphatic heterocycles. The summed E-state index contributed by atoms with van der Waals surface area (Å²) in [6.07, 6.45) is 1.04. The van der Waals surface area contributed by atoms with E-state index in [0.29, 0.717) is 0 Å². The van der Waals surface area contributed by atoms with E-state index in [4.69, 9.17) is 9.76 Å². The second kappa shape index (κ2) is 8.33. The van der Waals surface area contributed by atoms with Crippen LogP contribution in [0.25, 0.3) is 0 Å². The van der Waals surface area contributed by atoms with Crippen molar-refractivity contribution in [3.8, 4) is 0 Å². The summed E-state index contributed by atoms with van der Waals surface area (Å²) in [7, 11) is 0.113. The van der Waals surface area contributed by atoms with Crippen molar-refractivity contribution < 1.29 is 9.76 Å². The largest absolute Gasteiger partial charge is 0.449 e. The highest BCUT2D eigenvalue weighted by Crippen LogP contribution is 1.95. The number of benzene rings is 1. The van der Waals surface area contributed by atoms with Gasteiger partial charge in [-0.05, 0) is 25.5 Å². The first-order valence-electron chi connectivity index (χ1n) is 5.84. The molecule has 0 spiro atoms. The summed E-state index contributed by atoms with van der Waals surface area (Å²) < 4.78 is 5.25. The van der Waals surface area contributed by atoms with E-state index in [1.165, 1.54) is 5.56 Å². The van der Waals surface area contributed by atoms with Gasteiger partial charge < -0.3 is 15.1 Å². The van der Waals surface area contributed by atoms with Crippen molar-refractivity contribution >= 4 is 12.9 Å². The molecule has 0 radical (unpaired) electrons. The van der Waals surface area contributed by atoms with Gasteiger partial charge in [0.15, 0.2) is 0 Å². The Bertz CT molecular complexity index is 277.